The quantitative estimate of drug-likeness (QED) is 0.713. The number of benzene rings is 1. The number of nitrogens with two attached hydrogens (primary N) is 1. The van der Waals surface area contributed by atoms with Crippen molar-refractivity contribution in [2.75, 3.05) is 0 Å². The largest absolute Gasteiger partial charge is 0.480 e. The zero-order valence-corrected chi connectivity index (χ0v) is 8.52. The van der Waals surface area contributed by atoms with E-state index in [2.05, 4.69) is 6.58 Å². The molecule has 0 fully saturated rings. The van der Waals surface area contributed by atoms with Gasteiger partial charge in [0.1, 0.15) is 6.04 Å². The average Bonchev–Trinajstić information content (AvgIpc) is 2.21. The molecule has 0 saturated carbocycles. The highest BCUT2D eigenvalue weighted by molar-refractivity contribution is 5.73. The highest BCUT2D eigenvalue weighted by atomic mass is 16.4. The van der Waals surface area contributed by atoms with Crippen LogP contribution in [0.3, 0.4) is 0 Å². The van der Waals surface area contributed by atoms with E-state index in [0.29, 0.717) is 6.42 Å². The van der Waals surface area contributed by atoms with E-state index in [-0.39, 0.29) is 0 Å². The van der Waals surface area contributed by atoms with Gasteiger partial charge in [-0.25, -0.2) is 0 Å². The van der Waals surface area contributed by atoms with Crippen molar-refractivity contribution in [2.45, 2.75) is 18.9 Å². The van der Waals surface area contributed by atoms with Gasteiger partial charge in [-0.3, -0.25) is 4.79 Å². The van der Waals surface area contributed by atoms with Crippen LogP contribution in [0.1, 0.15) is 11.1 Å². The summed E-state index contributed by atoms with van der Waals surface area (Å²) in [5, 5.41) is 8.64. The highest BCUT2D eigenvalue weighted by Crippen LogP contribution is 2.07. The molecule has 1 atom stereocenters. The third-order valence-corrected chi connectivity index (χ3v) is 2.18. The van der Waals surface area contributed by atoms with E-state index in [0.717, 1.165) is 17.5 Å². The van der Waals surface area contributed by atoms with Gasteiger partial charge in [0, 0.05) is 0 Å². The Labute approximate surface area is 89.2 Å². The predicted octanol–water partition coefficient (Wildman–Crippen LogP) is 1.37. The van der Waals surface area contributed by atoms with Gasteiger partial charge in [-0.2, -0.15) is 0 Å². The van der Waals surface area contributed by atoms with Crippen molar-refractivity contribution in [3.05, 3.63) is 48.0 Å². The van der Waals surface area contributed by atoms with Gasteiger partial charge in [0.2, 0.25) is 0 Å². The molecule has 0 aromatic heterocycles. The predicted molar refractivity (Wildman–Crippen MR) is 59.7 cm³/mol. The SMILES string of the molecule is C=CCc1ccc(C[C@H](N)C(=O)O)cc1. The first kappa shape index (κ1) is 11.5. The molecule has 3 nitrogen and oxygen atoms in total. The standard InChI is InChI=1S/C12H15NO2/c1-2-3-9-4-6-10(7-5-9)8-11(13)12(14)15/h2,4-7,11H,1,3,8,13H2,(H,14,15)/t11-/m0/s1. The van der Waals surface area contributed by atoms with E-state index < -0.39 is 12.0 Å². The molecule has 1 rings (SSSR count). The Balaban J connectivity index is 2.64. The maximum atomic E-state index is 10.5. The second kappa shape index (κ2) is 5.32. The molecule has 0 spiro atoms. The molecule has 1 aromatic rings. The zero-order chi connectivity index (χ0) is 11.3. The number of allylic oxidation sites excluding steroid dienone is 1. The number of hydrogen-bond acceptors (Lipinski definition) is 2. The summed E-state index contributed by atoms with van der Waals surface area (Å²) < 4.78 is 0. The van der Waals surface area contributed by atoms with Crippen LogP contribution in [0.2, 0.25) is 0 Å². The van der Waals surface area contributed by atoms with Gasteiger partial charge in [0.25, 0.3) is 0 Å². The van der Waals surface area contributed by atoms with Crippen molar-refractivity contribution in [2.24, 2.45) is 5.73 Å². The summed E-state index contributed by atoms with van der Waals surface area (Å²) in [5.41, 5.74) is 7.54. The molecule has 0 radical (unpaired) electrons. The van der Waals surface area contributed by atoms with Crippen LogP contribution >= 0.6 is 0 Å². The number of carbonyl (C=O) groups is 1. The summed E-state index contributed by atoms with van der Waals surface area (Å²) in [6.07, 6.45) is 3.02. The lowest BCUT2D eigenvalue weighted by atomic mass is 10.0. The molecule has 3 heteroatoms. The first-order valence-electron chi connectivity index (χ1n) is 4.80. The fourth-order valence-corrected chi connectivity index (χ4v) is 1.32. The molecule has 0 amide bonds. The van der Waals surface area contributed by atoms with Gasteiger partial charge < -0.3 is 10.8 Å². The van der Waals surface area contributed by atoms with Crippen LogP contribution in [0.15, 0.2) is 36.9 Å². The van der Waals surface area contributed by atoms with E-state index in [1.54, 1.807) is 0 Å². The van der Waals surface area contributed by atoms with Gasteiger partial charge in [-0.15, -0.1) is 6.58 Å². The van der Waals surface area contributed by atoms with E-state index in [9.17, 15) is 4.79 Å². The number of carboxylic acids is 1. The van der Waals surface area contributed by atoms with Crippen molar-refractivity contribution in [3.8, 4) is 0 Å². The minimum Gasteiger partial charge on any atom is -0.480 e. The molecule has 0 saturated heterocycles. The number of carboxylic acid groups (broad SMARTS) is 1. The molecule has 15 heavy (non-hydrogen) atoms. The summed E-state index contributed by atoms with van der Waals surface area (Å²) in [4.78, 5) is 10.5. The number of rotatable bonds is 5. The summed E-state index contributed by atoms with van der Waals surface area (Å²) in [5.74, 6) is -0.967. The third kappa shape index (κ3) is 3.56. The smallest absolute Gasteiger partial charge is 0.320 e. The van der Waals surface area contributed by atoms with E-state index >= 15 is 0 Å². The van der Waals surface area contributed by atoms with Crippen LogP contribution in [-0.4, -0.2) is 17.1 Å². The van der Waals surface area contributed by atoms with Crippen LogP contribution in [-0.2, 0) is 17.6 Å². The maximum absolute atomic E-state index is 10.5. The Morgan fingerprint density at radius 2 is 1.93 bits per heavy atom. The summed E-state index contributed by atoms with van der Waals surface area (Å²) in [6, 6.07) is 6.91. The van der Waals surface area contributed by atoms with Gasteiger partial charge in [0.15, 0.2) is 0 Å². The van der Waals surface area contributed by atoms with Crippen LogP contribution in [0.5, 0.6) is 0 Å². The molecule has 0 aliphatic heterocycles. The van der Waals surface area contributed by atoms with E-state index in [1.807, 2.05) is 30.3 Å². The van der Waals surface area contributed by atoms with Crippen LogP contribution in [0, 0.1) is 0 Å². The van der Waals surface area contributed by atoms with Crippen LogP contribution in [0.25, 0.3) is 0 Å². The summed E-state index contributed by atoms with van der Waals surface area (Å²) in [7, 11) is 0. The fourth-order valence-electron chi connectivity index (χ4n) is 1.32. The normalized spacial score (nSPS) is 12.1. The maximum Gasteiger partial charge on any atom is 0.320 e. The van der Waals surface area contributed by atoms with Crippen molar-refractivity contribution in [1.82, 2.24) is 0 Å². The zero-order valence-electron chi connectivity index (χ0n) is 8.52. The Hall–Kier alpha value is -1.61. The lowest BCUT2D eigenvalue weighted by molar-refractivity contribution is -0.138. The van der Waals surface area contributed by atoms with Gasteiger partial charge in [0.05, 0.1) is 0 Å². The monoisotopic (exact) mass is 205 g/mol. The molecule has 1 aromatic carbocycles. The van der Waals surface area contributed by atoms with Crippen molar-refractivity contribution < 1.29 is 9.90 Å². The van der Waals surface area contributed by atoms with Gasteiger partial charge in [-0.05, 0) is 24.0 Å². The van der Waals surface area contributed by atoms with Gasteiger partial charge >= 0.3 is 5.97 Å². The molecular weight excluding hydrogens is 190 g/mol. The minimum absolute atomic E-state index is 0.365. The van der Waals surface area contributed by atoms with Crippen LogP contribution < -0.4 is 5.73 Å². The Kier molecular flexibility index (Phi) is 4.06. The third-order valence-electron chi connectivity index (χ3n) is 2.18. The summed E-state index contributed by atoms with van der Waals surface area (Å²) in [6.45, 7) is 3.65. The molecule has 0 heterocycles. The lowest BCUT2D eigenvalue weighted by Crippen LogP contribution is -2.32. The van der Waals surface area contributed by atoms with E-state index in [4.69, 9.17) is 10.8 Å². The first-order valence-corrected chi connectivity index (χ1v) is 4.80. The van der Waals surface area contributed by atoms with Gasteiger partial charge in [-0.1, -0.05) is 30.3 Å². The number of aliphatic carboxylic acids is 1. The summed E-state index contributed by atoms with van der Waals surface area (Å²) >= 11 is 0. The van der Waals surface area contributed by atoms with Crippen molar-refractivity contribution in [1.29, 1.82) is 0 Å². The highest BCUT2D eigenvalue weighted by Gasteiger charge is 2.11. The number of hydrogen-bond donors (Lipinski definition) is 2. The first-order chi connectivity index (χ1) is 7.13. The second-order valence-electron chi connectivity index (χ2n) is 3.46. The molecule has 0 aliphatic rings. The second-order valence-corrected chi connectivity index (χ2v) is 3.46. The van der Waals surface area contributed by atoms with Crippen molar-refractivity contribution in [3.63, 3.8) is 0 Å². The molecule has 0 bridgehead atoms. The minimum atomic E-state index is -0.967. The molecule has 0 unspecified atom stereocenters. The Morgan fingerprint density at radius 1 is 1.40 bits per heavy atom. The fraction of sp³-hybridized carbons (Fsp3) is 0.250. The molecule has 3 N–H and O–H groups in total. The Morgan fingerprint density at radius 3 is 2.40 bits per heavy atom. The molecular formula is C12H15NO2. The molecule has 80 valence electrons. The Bertz CT molecular complexity index is 343. The van der Waals surface area contributed by atoms with Crippen molar-refractivity contribution >= 4 is 5.97 Å². The topological polar surface area (TPSA) is 63.3 Å². The van der Waals surface area contributed by atoms with Crippen LogP contribution in [0.4, 0.5) is 0 Å². The average molecular weight is 205 g/mol. The lowest BCUT2D eigenvalue weighted by Gasteiger charge is -2.06. The molecule has 0 aliphatic carbocycles. The van der Waals surface area contributed by atoms with E-state index in [1.165, 1.54) is 0 Å².